The Morgan fingerprint density at radius 3 is 2.83 bits per heavy atom. The molecule has 1 aromatic carbocycles. The van der Waals surface area contributed by atoms with Gasteiger partial charge in [0.05, 0.1) is 7.11 Å². The van der Waals surface area contributed by atoms with E-state index in [2.05, 4.69) is 36.3 Å². The molecule has 2 rings (SSSR count). The largest absolute Gasteiger partial charge is 0.496 e. The molecule has 100 valence electrons. The van der Waals surface area contributed by atoms with Crippen molar-refractivity contribution in [2.45, 2.75) is 31.8 Å². The number of benzene rings is 1. The summed E-state index contributed by atoms with van der Waals surface area (Å²) in [5, 5.41) is 3.48. The summed E-state index contributed by atoms with van der Waals surface area (Å²) in [7, 11) is 3.96. The third-order valence-corrected chi connectivity index (χ3v) is 4.05. The van der Waals surface area contributed by atoms with Gasteiger partial charge >= 0.3 is 0 Å². The van der Waals surface area contributed by atoms with E-state index in [0.717, 1.165) is 18.8 Å². The van der Waals surface area contributed by atoms with Crippen molar-refractivity contribution in [1.82, 2.24) is 10.2 Å². The van der Waals surface area contributed by atoms with Crippen molar-refractivity contribution in [1.29, 1.82) is 0 Å². The van der Waals surface area contributed by atoms with Crippen molar-refractivity contribution < 1.29 is 4.74 Å². The molecule has 0 bridgehead atoms. The van der Waals surface area contributed by atoms with Gasteiger partial charge < -0.3 is 10.1 Å². The summed E-state index contributed by atoms with van der Waals surface area (Å²) in [6.45, 7) is 4.51. The molecule has 1 heterocycles. The maximum atomic E-state index is 5.46. The van der Waals surface area contributed by atoms with Crippen molar-refractivity contribution in [3.05, 3.63) is 29.8 Å². The maximum absolute atomic E-state index is 5.46. The zero-order valence-corrected chi connectivity index (χ0v) is 11.6. The monoisotopic (exact) mass is 248 g/mol. The molecule has 2 unspecified atom stereocenters. The molecule has 18 heavy (non-hydrogen) atoms. The number of rotatable bonds is 4. The zero-order valence-electron chi connectivity index (χ0n) is 11.6. The lowest BCUT2D eigenvalue weighted by Crippen LogP contribution is -2.45. The Hall–Kier alpha value is -1.06. The molecule has 0 aromatic heterocycles. The number of piperidine rings is 1. The highest BCUT2D eigenvalue weighted by atomic mass is 16.5. The summed E-state index contributed by atoms with van der Waals surface area (Å²) in [6, 6.07) is 9.32. The van der Waals surface area contributed by atoms with Crippen molar-refractivity contribution >= 4 is 0 Å². The SMILES string of the molecule is COc1ccccc1C(C)N(C)C1CCCNC1. The Kier molecular flexibility index (Phi) is 4.61. The summed E-state index contributed by atoms with van der Waals surface area (Å²) < 4.78 is 5.46. The number of ether oxygens (including phenoxy) is 1. The van der Waals surface area contributed by atoms with E-state index in [1.807, 2.05) is 12.1 Å². The Balaban J connectivity index is 2.11. The summed E-state index contributed by atoms with van der Waals surface area (Å²) in [5.41, 5.74) is 1.27. The molecule has 1 aromatic rings. The smallest absolute Gasteiger partial charge is 0.123 e. The standard InChI is InChI=1S/C15H24N2O/c1-12(14-8-4-5-9-15(14)18-3)17(2)13-7-6-10-16-11-13/h4-5,8-9,12-13,16H,6-7,10-11H2,1-3H3. The van der Waals surface area contributed by atoms with Crippen LogP contribution in [0.15, 0.2) is 24.3 Å². The van der Waals surface area contributed by atoms with E-state index < -0.39 is 0 Å². The molecule has 1 aliphatic rings. The number of para-hydroxylation sites is 1. The highest BCUT2D eigenvalue weighted by molar-refractivity contribution is 5.35. The molecular formula is C15H24N2O. The molecule has 1 N–H and O–H groups in total. The minimum absolute atomic E-state index is 0.381. The van der Waals surface area contributed by atoms with E-state index in [9.17, 15) is 0 Å². The van der Waals surface area contributed by atoms with Gasteiger partial charge in [0.2, 0.25) is 0 Å². The van der Waals surface area contributed by atoms with Crippen LogP contribution in [0.5, 0.6) is 5.75 Å². The van der Waals surface area contributed by atoms with Crippen LogP contribution in [0.4, 0.5) is 0 Å². The van der Waals surface area contributed by atoms with Crippen LogP contribution in [0, 0.1) is 0 Å². The molecular weight excluding hydrogens is 224 g/mol. The second kappa shape index (κ2) is 6.21. The molecule has 0 radical (unpaired) electrons. The Bertz CT molecular complexity index is 375. The van der Waals surface area contributed by atoms with Crippen LogP contribution >= 0.6 is 0 Å². The van der Waals surface area contributed by atoms with Crippen LogP contribution in [-0.4, -0.2) is 38.2 Å². The van der Waals surface area contributed by atoms with Gasteiger partial charge in [-0.1, -0.05) is 18.2 Å². The first-order valence-corrected chi connectivity index (χ1v) is 6.79. The summed E-state index contributed by atoms with van der Waals surface area (Å²) in [5.74, 6) is 0.987. The van der Waals surface area contributed by atoms with Crippen LogP contribution in [0.2, 0.25) is 0 Å². The third-order valence-electron chi connectivity index (χ3n) is 4.05. The molecule has 1 saturated heterocycles. The first-order chi connectivity index (χ1) is 8.74. The van der Waals surface area contributed by atoms with Gasteiger partial charge in [-0.25, -0.2) is 0 Å². The lowest BCUT2D eigenvalue weighted by atomic mass is 10.0. The second-order valence-electron chi connectivity index (χ2n) is 5.08. The average Bonchev–Trinajstić information content (AvgIpc) is 2.46. The first kappa shape index (κ1) is 13.4. The molecule has 3 heteroatoms. The Morgan fingerprint density at radius 1 is 1.39 bits per heavy atom. The predicted octanol–water partition coefficient (Wildman–Crippen LogP) is 2.44. The van der Waals surface area contributed by atoms with Crippen LogP contribution in [0.3, 0.4) is 0 Å². The maximum Gasteiger partial charge on any atom is 0.123 e. The van der Waals surface area contributed by atoms with Crippen LogP contribution < -0.4 is 10.1 Å². The summed E-state index contributed by atoms with van der Waals surface area (Å²) in [6.07, 6.45) is 2.55. The Labute approximate surface area is 110 Å². The highest BCUT2D eigenvalue weighted by Crippen LogP contribution is 2.30. The van der Waals surface area contributed by atoms with Crippen LogP contribution in [0.25, 0.3) is 0 Å². The lowest BCUT2D eigenvalue weighted by Gasteiger charge is -2.36. The number of hydrogen-bond donors (Lipinski definition) is 1. The number of likely N-dealkylation sites (N-methyl/N-ethyl adjacent to an activating group) is 1. The van der Waals surface area contributed by atoms with Gasteiger partial charge in [0.25, 0.3) is 0 Å². The van der Waals surface area contributed by atoms with E-state index in [1.165, 1.54) is 18.4 Å². The van der Waals surface area contributed by atoms with Gasteiger partial charge in [-0.2, -0.15) is 0 Å². The van der Waals surface area contributed by atoms with E-state index in [1.54, 1.807) is 7.11 Å². The van der Waals surface area contributed by atoms with Gasteiger partial charge in [0, 0.05) is 24.2 Å². The summed E-state index contributed by atoms with van der Waals surface area (Å²) in [4.78, 5) is 2.46. The molecule has 0 saturated carbocycles. The number of methoxy groups -OCH3 is 1. The van der Waals surface area contributed by atoms with Gasteiger partial charge in [-0.3, -0.25) is 4.90 Å². The highest BCUT2D eigenvalue weighted by Gasteiger charge is 2.24. The molecule has 1 fully saturated rings. The van der Waals surface area contributed by atoms with E-state index in [-0.39, 0.29) is 0 Å². The topological polar surface area (TPSA) is 24.5 Å². The first-order valence-electron chi connectivity index (χ1n) is 6.79. The number of hydrogen-bond acceptors (Lipinski definition) is 3. The zero-order chi connectivity index (χ0) is 13.0. The quantitative estimate of drug-likeness (QED) is 0.885. The van der Waals surface area contributed by atoms with E-state index in [0.29, 0.717) is 12.1 Å². The second-order valence-corrected chi connectivity index (χ2v) is 5.08. The summed E-state index contributed by atoms with van der Waals surface area (Å²) >= 11 is 0. The van der Waals surface area contributed by atoms with E-state index in [4.69, 9.17) is 4.74 Å². The molecule has 3 nitrogen and oxygen atoms in total. The van der Waals surface area contributed by atoms with Gasteiger partial charge in [-0.05, 0) is 39.4 Å². The van der Waals surface area contributed by atoms with Crippen LogP contribution in [-0.2, 0) is 0 Å². The minimum Gasteiger partial charge on any atom is -0.496 e. The van der Waals surface area contributed by atoms with Crippen molar-refractivity contribution in [3.63, 3.8) is 0 Å². The van der Waals surface area contributed by atoms with Gasteiger partial charge in [-0.15, -0.1) is 0 Å². The normalized spacial score (nSPS) is 21.9. The van der Waals surface area contributed by atoms with Crippen molar-refractivity contribution in [2.75, 3.05) is 27.2 Å². The number of nitrogens with zero attached hydrogens (tertiary/aromatic N) is 1. The predicted molar refractivity (Wildman–Crippen MR) is 75.1 cm³/mol. The fourth-order valence-electron chi connectivity index (χ4n) is 2.73. The fraction of sp³-hybridized carbons (Fsp3) is 0.600. The molecule has 0 aliphatic carbocycles. The molecule has 0 spiro atoms. The van der Waals surface area contributed by atoms with Gasteiger partial charge in [0.1, 0.15) is 5.75 Å². The van der Waals surface area contributed by atoms with Crippen LogP contribution in [0.1, 0.15) is 31.4 Å². The fourth-order valence-corrected chi connectivity index (χ4v) is 2.73. The average molecular weight is 248 g/mol. The Morgan fingerprint density at radius 2 is 2.17 bits per heavy atom. The molecule has 1 aliphatic heterocycles. The number of nitrogens with one attached hydrogen (secondary N) is 1. The third kappa shape index (κ3) is 2.85. The molecule has 2 atom stereocenters. The van der Waals surface area contributed by atoms with Crippen molar-refractivity contribution in [3.8, 4) is 5.75 Å². The van der Waals surface area contributed by atoms with Crippen molar-refractivity contribution in [2.24, 2.45) is 0 Å². The minimum atomic E-state index is 0.381. The lowest BCUT2D eigenvalue weighted by molar-refractivity contribution is 0.154. The van der Waals surface area contributed by atoms with E-state index >= 15 is 0 Å². The molecule has 0 amide bonds. The van der Waals surface area contributed by atoms with Gasteiger partial charge in [0.15, 0.2) is 0 Å².